The Kier molecular flexibility index (Phi) is 12.3. The van der Waals surface area contributed by atoms with Gasteiger partial charge < -0.3 is 52.0 Å². The van der Waals surface area contributed by atoms with Crippen molar-refractivity contribution < 1.29 is 43.8 Å². The van der Waals surface area contributed by atoms with Gasteiger partial charge in [-0.25, -0.2) is 0 Å². The molecular formula is C35H48N8O9S. The minimum Gasteiger partial charge on any atom is -0.391 e. The van der Waals surface area contributed by atoms with Gasteiger partial charge >= 0.3 is 0 Å². The quantitative estimate of drug-likeness (QED) is 0.169. The molecule has 5 rings (SSSR count). The molecule has 4 heterocycles. The van der Waals surface area contributed by atoms with E-state index in [0.29, 0.717) is 16.1 Å². The predicted octanol–water partition coefficient (Wildman–Crippen LogP) is -1.83. The van der Waals surface area contributed by atoms with Crippen LogP contribution in [-0.2, 0) is 40.0 Å². The molecule has 3 aliphatic heterocycles. The standard InChI is InChI=1S/C35H48N8O9S/c1-15(2)10-23-30(48)36-17(4)29(47)42-27(18(5)44)33(51)40-25-14-53-34-21(20-8-6-7-9-22(20)41-34)12-24(31(49)39-23)38-28(46)16(3)37-32(50)26-11-19(45)13-43(26)35(25)52/h6-9,15-19,23-27,41,44-45H,10-14H2,1-5H3,(H,36,48)(H,37,50)(H,38,46)(H,39,49)(H,40,51)(H,42,47)/t16-,17-,18-,19-,23?,24-,25-,26-,27+/m0/s1. The van der Waals surface area contributed by atoms with E-state index >= 15 is 0 Å². The van der Waals surface area contributed by atoms with E-state index in [1.165, 1.54) is 20.8 Å². The topological polar surface area (TPSA) is 251 Å². The number of aliphatic hydroxyl groups is 2. The van der Waals surface area contributed by atoms with Gasteiger partial charge in [0, 0.05) is 36.0 Å². The first-order chi connectivity index (χ1) is 25.0. The number of H-pyrrole nitrogens is 1. The molecule has 1 fully saturated rings. The molecule has 9 N–H and O–H groups in total. The lowest BCUT2D eigenvalue weighted by Crippen LogP contribution is -2.61. The van der Waals surface area contributed by atoms with E-state index in [2.05, 4.69) is 36.9 Å². The first-order valence-corrected chi connectivity index (χ1v) is 18.7. The summed E-state index contributed by atoms with van der Waals surface area (Å²) in [6, 6.07) is -1.67. The molecule has 0 radical (unpaired) electrons. The number of aliphatic hydroxyl groups excluding tert-OH is 2. The predicted molar refractivity (Wildman–Crippen MR) is 193 cm³/mol. The summed E-state index contributed by atoms with van der Waals surface area (Å²) in [5, 5.41) is 38.3. The molecule has 1 aromatic heterocycles. The Morgan fingerprint density at radius 2 is 1.43 bits per heavy atom. The van der Waals surface area contributed by atoms with Gasteiger partial charge in [-0.2, -0.15) is 0 Å². The highest BCUT2D eigenvalue weighted by Crippen LogP contribution is 2.32. The number of carbonyl (C=O) groups excluding carboxylic acids is 7. The van der Waals surface area contributed by atoms with Crippen LogP contribution in [0, 0.1) is 5.92 Å². The molecule has 1 aromatic carbocycles. The molecule has 7 amide bonds. The third-order valence-corrected chi connectivity index (χ3v) is 10.7. The Morgan fingerprint density at radius 1 is 0.792 bits per heavy atom. The van der Waals surface area contributed by atoms with Gasteiger partial charge in [0.15, 0.2) is 0 Å². The van der Waals surface area contributed by atoms with Gasteiger partial charge in [0.1, 0.15) is 42.3 Å². The Labute approximate surface area is 310 Å². The Morgan fingerprint density at radius 3 is 2.11 bits per heavy atom. The maximum absolute atomic E-state index is 14.3. The highest BCUT2D eigenvalue weighted by atomic mass is 32.2. The molecule has 3 aliphatic rings. The van der Waals surface area contributed by atoms with Crippen molar-refractivity contribution in [2.24, 2.45) is 5.92 Å². The van der Waals surface area contributed by atoms with Crippen LogP contribution in [0.1, 0.15) is 53.0 Å². The number of hydrogen-bond acceptors (Lipinski definition) is 10. The number of rotatable bonds is 3. The fourth-order valence-corrected chi connectivity index (χ4v) is 7.84. The molecule has 18 heteroatoms. The second kappa shape index (κ2) is 16.6. The summed E-state index contributed by atoms with van der Waals surface area (Å²) in [5.41, 5.74) is 1.30. The van der Waals surface area contributed by atoms with Crippen molar-refractivity contribution in [3.8, 4) is 0 Å². The van der Waals surface area contributed by atoms with Crippen LogP contribution in [0.5, 0.6) is 0 Å². The lowest BCUT2D eigenvalue weighted by Gasteiger charge is -2.30. The molecular weight excluding hydrogens is 708 g/mol. The van der Waals surface area contributed by atoms with Gasteiger partial charge in [-0.05, 0) is 44.7 Å². The van der Waals surface area contributed by atoms with Crippen molar-refractivity contribution in [1.29, 1.82) is 0 Å². The van der Waals surface area contributed by atoms with E-state index < -0.39 is 95.9 Å². The fourth-order valence-electron chi connectivity index (χ4n) is 6.73. The van der Waals surface area contributed by atoms with Crippen LogP contribution >= 0.6 is 11.8 Å². The summed E-state index contributed by atoms with van der Waals surface area (Å²) in [4.78, 5) is 101. The first kappa shape index (κ1) is 39.5. The molecule has 1 unspecified atom stereocenters. The van der Waals surface area contributed by atoms with Crippen LogP contribution in [0.2, 0.25) is 0 Å². The fraction of sp³-hybridized carbons (Fsp3) is 0.571. The van der Waals surface area contributed by atoms with Crippen LogP contribution in [-0.4, -0.2) is 128 Å². The largest absolute Gasteiger partial charge is 0.391 e. The van der Waals surface area contributed by atoms with Gasteiger partial charge in [-0.3, -0.25) is 33.6 Å². The number of hydrogen-bond donors (Lipinski definition) is 9. The average Bonchev–Trinajstić information content (AvgIpc) is 3.66. The van der Waals surface area contributed by atoms with E-state index in [9.17, 15) is 43.8 Å². The zero-order chi connectivity index (χ0) is 38.7. The van der Waals surface area contributed by atoms with Crippen molar-refractivity contribution in [3.63, 3.8) is 0 Å². The summed E-state index contributed by atoms with van der Waals surface area (Å²) in [5.74, 6) is -5.48. The number of fused-ring (bicyclic) bond motifs is 5. The van der Waals surface area contributed by atoms with Crippen molar-refractivity contribution in [1.82, 2.24) is 41.8 Å². The second-order valence-corrected chi connectivity index (χ2v) is 15.4. The molecule has 0 spiro atoms. The smallest absolute Gasteiger partial charge is 0.246 e. The van der Waals surface area contributed by atoms with Gasteiger partial charge in [-0.15, -0.1) is 11.8 Å². The van der Waals surface area contributed by atoms with E-state index in [1.807, 2.05) is 32.0 Å². The van der Waals surface area contributed by atoms with Gasteiger partial charge in [0.2, 0.25) is 41.4 Å². The van der Waals surface area contributed by atoms with Crippen molar-refractivity contribution >= 4 is 64.0 Å². The summed E-state index contributed by atoms with van der Waals surface area (Å²) in [6.07, 6.45) is -2.57. The first-order valence-electron chi connectivity index (χ1n) is 17.7. The highest BCUT2D eigenvalue weighted by Gasteiger charge is 2.43. The summed E-state index contributed by atoms with van der Waals surface area (Å²) < 4.78 is 0. The minimum absolute atomic E-state index is 0.0740. The number of nitrogens with zero attached hydrogens (tertiary/aromatic N) is 1. The molecule has 9 atom stereocenters. The molecule has 17 nitrogen and oxygen atoms in total. The molecule has 0 saturated carbocycles. The number of carbonyl (C=O) groups is 7. The van der Waals surface area contributed by atoms with Gasteiger partial charge in [-0.1, -0.05) is 32.0 Å². The number of benzene rings is 1. The minimum atomic E-state index is -1.56. The zero-order valence-corrected chi connectivity index (χ0v) is 31.0. The van der Waals surface area contributed by atoms with Crippen molar-refractivity contribution in [2.75, 3.05) is 12.3 Å². The molecule has 2 bridgehead atoms. The van der Waals surface area contributed by atoms with E-state index in [4.69, 9.17) is 0 Å². The molecule has 2 aromatic rings. The zero-order valence-electron chi connectivity index (χ0n) is 30.2. The summed E-state index contributed by atoms with van der Waals surface area (Å²) >= 11 is 1.14. The van der Waals surface area contributed by atoms with E-state index in [1.54, 1.807) is 6.07 Å². The normalized spacial score (nSPS) is 30.3. The lowest BCUT2D eigenvalue weighted by atomic mass is 10.00. The SMILES string of the molecule is CC(C)CC1NC(=O)[C@@H]2Cc3c([nH]c4ccccc34)SC[C@H](NC(=O)[C@@H]([C@H](C)O)NC(=O)[C@H](C)NC1=O)C(=O)N1C[C@@H](O)C[C@H]1C(=O)N[C@@H](C)C(=O)N2. The number of aromatic nitrogens is 1. The Balaban J connectivity index is 1.68. The monoisotopic (exact) mass is 756 g/mol. The maximum Gasteiger partial charge on any atom is 0.246 e. The van der Waals surface area contributed by atoms with Crippen LogP contribution in [0.25, 0.3) is 10.9 Å². The highest BCUT2D eigenvalue weighted by molar-refractivity contribution is 7.99. The van der Waals surface area contributed by atoms with Crippen LogP contribution < -0.4 is 31.9 Å². The molecule has 0 aliphatic carbocycles. The van der Waals surface area contributed by atoms with Gasteiger partial charge in [0.05, 0.1) is 17.2 Å². The van der Waals surface area contributed by atoms with Crippen LogP contribution in [0.15, 0.2) is 29.3 Å². The number of thioether (sulfide) groups is 1. The van der Waals surface area contributed by atoms with Crippen molar-refractivity contribution in [2.45, 2.75) is 113 Å². The Bertz CT molecular complexity index is 1770. The second-order valence-electron chi connectivity index (χ2n) is 14.4. The summed E-state index contributed by atoms with van der Waals surface area (Å²) in [6.45, 7) is 7.53. The number of aromatic amines is 1. The van der Waals surface area contributed by atoms with Crippen molar-refractivity contribution in [3.05, 3.63) is 29.8 Å². The maximum atomic E-state index is 14.3. The van der Waals surface area contributed by atoms with Gasteiger partial charge in [0.25, 0.3) is 0 Å². The third kappa shape index (κ3) is 9.10. The number of para-hydroxylation sites is 1. The average molecular weight is 757 g/mol. The van der Waals surface area contributed by atoms with Crippen LogP contribution in [0.3, 0.4) is 0 Å². The lowest BCUT2D eigenvalue weighted by molar-refractivity contribution is -0.142. The van der Waals surface area contributed by atoms with E-state index in [0.717, 1.165) is 22.0 Å². The molecule has 288 valence electrons. The number of amides is 7. The summed E-state index contributed by atoms with van der Waals surface area (Å²) in [7, 11) is 0. The Hall–Kier alpha value is -4.68. The molecule has 53 heavy (non-hydrogen) atoms. The number of nitrogens with one attached hydrogen (secondary N) is 7. The molecule has 1 saturated heterocycles. The third-order valence-electron chi connectivity index (χ3n) is 9.60. The van der Waals surface area contributed by atoms with E-state index in [-0.39, 0.29) is 37.5 Å². The van der Waals surface area contributed by atoms with Crippen LogP contribution in [0.4, 0.5) is 0 Å².